The molecular formula is C28H30BFN2O. The van der Waals surface area contributed by atoms with Crippen LogP contribution in [0.4, 0.5) is 4.39 Å². The van der Waals surface area contributed by atoms with Crippen LogP contribution < -0.4 is 10.5 Å². The van der Waals surface area contributed by atoms with E-state index in [4.69, 9.17) is 4.74 Å². The molecule has 0 aliphatic heterocycles. The second-order valence-electron chi connectivity index (χ2n) is 8.32. The Kier molecular flexibility index (Phi) is 7.61. The molecule has 0 aliphatic rings. The molecule has 0 bridgehead atoms. The van der Waals surface area contributed by atoms with Crippen LogP contribution in [0, 0.1) is 12.7 Å². The fourth-order valence-corrected chi connectivity index (χ4v) is 4.50. The number of aromatic nitrogens is 2. The first-order valence-corrected chi connectivity index (χ1v) is 11.7. The van der Waals surface area contributed by atoms with Gasteiger partial charge in [-0.3, -0.25) is 4.98 Å². The summed E-state index contributed by atoms with van der Waals surface area (Å²) in [6.07, 6.45) is 6.90. The maximum atomic E-state index is 13.5. The topological polar surface area (TPSA) is 27.1 Å². The molecule has 3 aromatic carbocycles. The second kappa shape index (κ2) is 11.0. The molecule has 5 heteroatoms. The lowest BCUT2D eigenvalue weighted by molar-refractivity contribution is 0.334. The molecule has 0 saturated carbocycles. The van der Waals surface area contributed by atoms with Crippen LogP contribution in [0.15, 0.2) is 85.2 Å². The molecule has 0 amide bonds. The van der Waals surface area contributed by atoms with Crippen LogP contribution in [0.2, 0.25) is 6.32 Å². The van der Waals surface area contributed by atoms with E-state index >= 15 is 0 Å². The molecule has 1 aromatic heterocycles. The number of halogens is 1. The van der Waals surface area contributed by atoms with E-state index in [2.05, 4.69) is 58.1 Å². The van der Waals surface area contributed by atoms with Crippen molar-refractivity contribution in [2.45, 2.75) is 38.9 Å². The predicted octanol–water partition coefficient (Wildman–Crippen LogP) is 5.81. The van der Waals surface area contributed by atoms with Crippen LogP contribution in [-0.4, -0.2) is 23.4 Å². The molecule has 0 spiro atoms. The summed E-state index contributed by atoms with van der Waals surface area (Å²) < 4.78 is 21.6. The summed E-state index contributed by atoms with van der Waals surface area (Å²) in [7, 11) is 0.873. The summed E-state index contributed by atoms with van der Waals surface area (Å²) in [6.45, 7) is 4.62. The SMILES string of the molecule is CCOc1ccccc1C(CCCBc1nccn1-c1ccc(F)cc1C)c1ccccc1. The molecule has 0 aliphatic carbocycles. The summed E-state index contributed by atoms with van der Waals surface area (Å²) in [5, 5.41) is 0. The molecule has 4 rings (SSSR count). The van der Waals surface area contributed by atoms with Crippen molar-refractivity contribution in [3.05, 3.63) is 108 Å². The first-order chi connectivity index (χ1) is 16.2. The summed E-state index contributed by atoms with van der Waals surface area (Å²) >= 11 is 0. The van der Waals surface area contributed by atoms with Gasteiger partial charge in [0, 0.05) is 29.6 Å². The smallest absolute Gasteiger partial charge is 0.205 e. The average molecular weight is 440 g/mol. The van der Waals surface area contributed by atoms with Gasteiger partial charge in [0.05, 0.1) is 12.3 Å². The molecule has 1 atom stereocenters. The lowest BCUT2D eigenvalue weighted by Crippen LogP contribution is -2.25. The lowest BCUT2D eigenvalue weighted by atomic mass is 9.70. The number of ether oxygens (including phenoxy) is 1. The van der Waals surface area contributed by atoms with Crippen LogP contribution in [0.25, 0.3) is 5.69 Å². The summed E-state index contributed by atoms with van der Waals surface area (Å²) in [4.78, 5) is 4.58. The highest BCUT2D eigenvalue weighted by Gasteiger charge is 2.18. The van der Waals surface area contributed by atoms with Gasteiger partial charge in [0.15, 0.2) is 0 Å². The van der Waals surface area contributed by atoms with E-state index in [1.165, 1.54) is 17.2 Å². The van der Waals surface area contributed by atoms with Crippen molar-refractivity contribution < 1.29 is 9.13 Å². The Bertz CT molecular complexity index is 1180. The van der Waals surface area contributed by atoms with Crippen LogP contribution in [0.5, 0.6) is 5.75 Å². The molecule has 1 unspecified atom stereocenters. The van der Waals surface area contributed by atoms with E-state index in [0.717, 1.165) is 49.2 Å². The van der Waals surface area contributed by atoms with E-state index in [-0.39, 0.29) is 11.7 Å². The normalized spacial score (nSPS) is 11.8. The van der Waals surface area contributed by atoms with E-state index in [1.54, 1.807) is 6.07 Å². The van der Waals surface area contributed by atoms with Crippen LogP contribution >= 0.6 is 0 Å². The number of hydrogen-bond donors (Lipinski definition) is 0. The van der Waals surface area contributed by atoms with Gasteiger partial charge < -0.3 is 9.30 Å². The second-order valence-corrected chi connectivity index (χ2v) is 8.32. The van der Waals surface area contributed by atoms with Gasteiger partial charge in [-0.2, -0.15) is 0 Å². The maximum absolute atomic E-state index is 13.5. The van der Waals surface area contributed by atoms with Crippen molar-refractivity contribution in [1.82, 2.24) is 9.55 Å². The number of hydrogen-bond acceptors (Lipinski definition) is 2. The molecule has 33 heavy (non-hydrogen) atoms. The standard InChI is InChI=1S/C28H30BFN2O/c1-3-33-27-14-8-7-12-25(27)24(22-10-5-4-6-11-22)13-9-17-29-28-31-18-19-32(28)26-16-15-23(30)20-21(26)2/h4-8,10-12,14-16,18-20,24,29H,3,9,13,17H2,1-2H3. The number of aryl methyl sites for hydroxylation is 1. The van der Waals surface area contributed by atoms with Gasteiger partial charge in [-0.05, 0) is 55.7 Å². The van der Waals surface area contributed by atoms with Crippen molar-refractivity contribution in [2.75, 3.05) is 6.61 Å². The van der Waals surface area contributed by atoms with Crippen molar-refractivity contribution in [3.8, 4) is 11.4 Å². The molecule has 4 aromatic rings. The third-order valence-electron chi connectivity index (χ3n) is 6.08. The lowest BCUT2D eigenvalue weighted by Gasteiger charge is -2.21. The van der Waals surface area contributed by atoms with E-state index in [1.807, 2.05) is 38.4 Å². The Morgan fingerprint density at radius 1 is 1.03 bits per heavy atom. The van der Waals surface area contributed by atoms with Gasteiger partial charge in [0.2, 0.25) is 7.28 Å². The minimum Gasteiger partial charge on any atom is -0.494 e. The molecule has 3 nitrogen and oxygen atoms in total. The quantitative estimate of drug-likeness (QED) is 0.230. The highest BCUT2D eigenvalue weighted by atomic mass is 19.1. The van der Waals surface area contributed by atoms with Gasteiger partial charge in [-0.1, -0.05) is 61.3 Å². The number of benzene rings is 3. The highest BCUT2D eigenvalue weighted by molar-refractivity contribution is 6.51. The van der Waals surface area contributed by atoms with Crippen molar-refractivity contribution in [3.63, 3.8) is 0 Å². The predicted molar refractivity (Wildman–Crippen MR) is 135 cm³/mol. The Hall–Kier alpha value is -3.34. The Labute approximate surface area is 196 Å². The largest absolute Gasteiger partial charge is 0.494 e. The first kappa shape index (κ1) is 22.8. The highest BCUT2D eigenvalue weighted by Crippen LogP contribution is 2.35. The molecule has 0 saturated heterocycles. The zero-order valence-corrected chi connectivity index (χ0v) is 19.4. The zero-order chi connectivity index (χ0) is 23.0. The van der Waals surface area contributed by atoms with Crippen molar-refractivity contribution in [1.29, 1.82) is 0 Å². The number of para-hydroxylation sites is 1. The van der Waals surface area contributed by atoms with E-state index < -0.39 is 0 Å². The molecule has 1 heterocycles. The summed E-state index contributed by atoms with van der Waals surface area (Å²) in [5.74, 6) is 1.04. The van der Waals surface area contributed by atoms with Crippen LogP contribution in [0.1, 0.15) is 42.4 Å². The van der Waals surface area contributed by atoms with Crippen molar-refractivity contribution >= 4 is 13.0 Å². The molecule has 168 valence electrons. The van der Waals surface area contributed by atoms with Crippen LogP contribution in [0.3, 0.4) is 0 Å². The number of rotatable bonds is 10. The Balaban J connectivity index is 1.47. The Morgan fingerprint density at radius 3 is 2.61 bits per heavy atom. The molecule has 0 radical (unpaired) electrons. The number of nitrogens with zero attached hydrogens (tertiary/aromatic N) is 2. The fourth-order valence-electron chi connectivity index (χ4n) is 4.50. The minimum absolute atomic E-state index is 0.211. The molecular weight excluding hydrogens is 410 g/mol. The maximum Gasteiger partial charge on any atom is 0.205 e. The first-order valence-electron chi connectivity index (χ1n) is 11.7. The van der Waals surface area contributed by atoms with Gasteiger partial charge in [0.1, 0.15) is 11.6 Å². The van der Waals surface area contributed by atoms with Gasteiger partial charge in [-0.15, -0.1) is 0 Å². The summed E-state index contributed by atoms with van der Waals surface area (Å²) in [5.41, 5.74) is 5.46. The minimum atomic E-state index is -0.211. The van der Waals surface area contributed by atoms with Gasteiger partial charge in [0.25, 0.3) is 0 Å². The monoisotopic (exact) mass is 440 g/mol. The Morgan fingerprint density at radius 2 is 1.82 bits per heavy atom. The zero-order valence-electron chi connectivity index (χ0n) is 19.4. The average Bonchev–Trinajstić information content (AvgIpc) is 3.29. The molecule has 0 fully saturated rings. The molecule has 0 N–H and O–H groups in total. The third-order valence-corrected chi connectivity index (χ3v) is 6.08. The summed E-state index contributed by atoms with van der Waals surface area (Å²) in [6, 6.07) is 24.0. The van der Waals surface area contributed by atoms with Crippen molar-refractivity contribution in [2.24, 2.45) is 0 Å². The van der Waals surface area contributed by atoms with Gasteiger partial charge in [-0.25, -0.2) is 4.39 Å². The van der Waals surface area contributed by atoms with E-state index in [9.17, 15) is 4.39 Å². The van der Waals surface area contributed by atoms with E-state index in [0.29, 0.717) is 6.61 Å². The van der Waals surface area contributed by atoms with Crippen LogP contribution in [-0.2, 0) is 0 Å². The number of imidazole rings is 1. The fraction of sp³-hybridized carbons (Fsp3) is 0.250. The third kappa shape index (κ3) is 5.54. The van der Waals surface area contributed by atoms with Gasteiger partial charge >= 0.3 is 0 Å².